The summed E-state index contributed by atoms with van der Waals surface area (Å²) in [7, 11) is 0. The zero-order valence-corrected chi connectivity index (χ0v) is 11.4. The molecular weight excluding hydrogens is 236 g/mol. The van der Waals surface area contributed by atoms with E-state index in [1.165, 1.54) is 10.8 Å². The summed E-state index contributed by atoms with van der Waals surface area (Å²) in [5.74, 6) is -0.133. The van der Waals surface area contributed by atoms with Crippen LogP contribution in [0.15, 0.2) is 42.5 Å². The van der Waals surface area contributed by atoms with Gasteiger partial charge < -0.3 is 4.74 Å². The molecule has 0 aliphatic rings. The van der Waals surface area contributed by atoms with Crippen LogP contribution in [0.1, 0.15) is 31.7 Å². The number of fused-ring (bicyclic) bond motifs is 1. The summed E-state index contributed by atoms with van der Waals surface area (Å²) in [6, 6.07) is 14.3. The highest BCUT2D eigenvalue weighted by Crippen LogP contribution is 2.16. The molecular formula is C17H20O2. The van der Waals surface area contributed by atoms with Gasteiger partial charge in [0.25, 0.3) is 0 Å². The second kappa shape index (κ2) is 6.93. The summed E-state index contributed by atoms with van der Waals surface area (Å²) >= 11 is 0. The number of carbonyl (C=O) groups is 1. The molecule has 0 aliphatic heterocycles. The molecule has 2 nitrogen and oxygen atoms in total. The minimum Gasteiger partial charge on any atom is -0.465 e. The Bertz CT molecular complexity index is 546. The van der Waals surface area contributed by atoms with Crippen LogP contribution in [-0.2, 0) is 16.0 Å². The van der Waals surface area contributed by atoms with Crippen LogP contribution in [0.5, 0.6) is 0 Å². The molecule has 0 atom stereocenters. The molecule has 0 saturated heterocycles. The first kappa shape index (κ1) is 13.6. The van der Waals surface area contributed by atoms with Crippen molar-refractivity contribution >= 4 is 16.7 Å². The molecule has 0 aromatic heterocycles. The fourth-order valence-corrected chi connectivity index (χ4v) is 2.10. The maximum absolute atomic E-state index is 11.7. The van der Waals surface area contributed by atoms with Gasteiger partial charge in [0.15, 0.2) is 0 Å². The highest BCUT2D eigenvalue weighted by Gasteiger charge is 2.05. The van der Waals surface area contributed by atoms with E-state index in [9.17, 15) is 4.79 Å². The lowest BCUT2D eigenvalue weighted by atomic mass is 10.1. The van der Waals surface area contributed by atoms with E-state index in [1.807, 2.05) is 18.2 Å². The molecule has 0 unspecified atom stereocenters. The van der Waals surface area contributed by atoms with Crippen molar-refractivity contribution in [2.24, 2.45) is 0 Å². The smallest absolute Gasteiger partial charge is 0.310 e. The maximum Gasteiger partial charge on any atom is 0.310 e. The molecule has 2 rings (SSSR count). The van der Waals surface area contributed by atoms with Crippen LogP contribution < -0.4 is 0 Å². The van der Waals surface area contributed by atoms with E-state index in [0.29, 0.717) is 13.0 Å². The second-order valence-corrected chi connectivity index (χ2v) is 4.79. The van der Waals surface area contributed by atoms with Crippen molar-refractivity contribution in [2.45, 2.75) is 32.6 Å². The van der Waals surface area contributed by atoms with E-state index >= 15 is 0 Å². The van der Waals surface area contributed by atoms with Gasteiger partial charge in [-0.15, -0.1) is 0 Å². The van der Waals surface area contributed by atoms with Crippen LogP contribution in [0.2, 0.25) is 0 Å². The molecule has 0 fully saturated rings. The molecule has 0 N–H and O–H groups in total. The molecule has 19 heavy (non-hydrogen) atoms. The summed E-state index contributed by atoms with van der Waals surface area (Å²) in [6.07, 6.45) is 3.57. The van der Waals surface area contributed by atoms with Gasteiger partial charge in [0.2, 0.25) is 0 Å². The Hall–Kier alpha value is -1.83. The number of hydrogen-bond acceptors (Lipinski definition) is 2. The molecule has 0 saturated carbocycles. The summed E-state index contributed by atoms with van der Waals surface area (Å²) in [6.45, 7) is 2.68. The van der Waals surface area contributed by atoms with Crippen molar-refractivity contribution in [3.8, 4) is 0 Å². The predicted molar refractivity (Wildman–Crippen MR) is 78.1 cm³/mol. The Kier molecular flexibility index (Phi) is 4.96. The van der Waals surface area contributed by atoms with Gasteiger partial charge in [-0.05, 0) is 22.8 Å². The third-order valence-corrected chi connectivity index (χ3v) is 3.17. The average molecular weight is 256 g/mol. The number of hydrogen-bond donors (Lipinski definition) is 0. The second-order valence-electron chi connectivity index (χ2n) is 4.79. The molecule has 0 bridgehead atoms. The Morgan fingerprint density at radius 3 is 2.63 bits per heavy atom. The summed E-state index contributed by atoms with van der Waals surface area (Å²) in [4.78, 5) is 11.7. The van der Waals surface area contributed by atoms with Gasteiger partial charge in [-0.1, -0.05) is 62.2 Å². The van der Waals surface area contributed by atoms with E-state index < -0.39 is 0 Å². The molecule has 2 heteroatoms. The lowest BCUT2D eigenvalue weighted by molar-refractivity contribution is -0.142. The Morgan fingerprint density at radius 2 is 1.84 bits per heavy atom. The zero-order valence-electron chi connectivity index (χ0n) is 11.4. The Labute approximate surface area is 114 Å². The van der Waals surface area contributed by atoms with Gasteiger partial charge in [0.1, 0.15) is 0 Å². The Balaban J connectivity index is 1.91. The molecule has 0 aliphatic carbocycles. The monoisotopic (exact) mass is 256 g/mol. The minimum atomic E-state index is -0.133. The summed E-state index contributed by atoms with van der Waals surface area (Å²) < 4.78 is 5.22. The fraction of sp³-hybridized carbons (Fsp3) is 0.353. The van der Waals surface area contributed by atoms with E-state index in [2.05, 4.69) is 31.2 Å². The predicted octanol–water partition coefficient (Wildman–Crippen LogP) is 4.12. The summed E-state index contributed by atoms with van der Waals surface area (Å²) in [5.41, 5.74) is 1.01. The number of carbonyl (C=O) groups excluding carboxylic acids is 1. The van der Waals surface area contributed by atoms with Gasteiger partial charge in [-0.3, -0.25) is 4.79 Å². The normalized spacial score (nSPS) is 10.6. The van der Waals surface area contributed by atoms with Crippen LogP contribution >= 0.6 is 0 Å². The largest absolute Gasteiger partial charge is 0.465 e. The molecule has 0 spiro atoms. The standard InChI is InChI=1S/C17H20O2/c1-2-3-6-11-19-17(18)13-14-9-10-15-7-4-5-8-16(15)12-14/h4-5,7-10,12H,2-3,6,11,13H2,1H3. The van der Waals surface area contributed by atoms with E-state index in [4.69, 9.17) is 4.74 Å². The molecule has 0 amide bonds. The van der Waals surface area contributed by atoms with Crippen LogP contribution in [-0.4, -0.2) is 12.6 Å². The quantitative estimate of drug-likeness (QED) is 0.574. The number of rotatable bonds is 6. The van der Waals surface area contributed by atoms with Crippen LogP contribution in [0.25, 0.3) is 10.8 Å². The first-order valence-corrected chi connectivity index (χ1v) is 6.93. The average Bonchev–Trinajstić information content (AvgIpc) is 2.43. The van der Waals surface area contributed by atoms with Gasteiger partial charge in [-0.2, -0.15) is 0 Å². The van der Waals surface area contributed by atoms with E-state index in [-0.39, 0.29) is 5.97 Å². The number of ether oxygens (including phenoxy) is 1. The topological polar surface area (TPSA) is 26.3 Å². The van der Waals surface area contributed by atoms with Crippen molar-refractivity contribution in [1.82, 2.24) is 0 Å². The maximum atomic E-state index is 11.7. The zero-order chi connectivity index (χ0) is 13.5. The van der Waals surface area contributed by atoms with E-state index in [1.54, 1.807) is 0 Å². The lowest BCUT2D eigenvalue weighted by Gasteiger charge is -2.05. The highest BCUT2D eigenvalue weighted by molar-refractivity contribution is 5.84. The van der Waals surface area contributed by atoms with Crippen molar-refractivity contribution in [2.75, 3.05) is 6.61 Å². The van der Waals surface area contributed by atoms with Crippen LogP contribution in [0, 0.1) is 0 Å². The third-order valence-electron chi connectivity index (χ3n) is 3.17. The molecule has 0 heterocycles. The summed E-state index contributed by atoms with van der Waals surface area (Å²) in [5, 5.41) is 2.36. The van der Waals surface area contributed by atoms with Crippen molar-refractivity contribution in [1.29, 1.82) is 0 Å². The van der Waals surface area contributed by atoms with Crippen molar-refractivity contribution < 1.29 is 9.53 Å². The lowest BCUT2D eigenvalue weighted by Crippen LogP contribution is -2.09. The van der Waals surface area contributed by atoms with Crippen molar-refractivity contribution in [3.05, 3.63) is 48.0 Å². The number of unbranched alkanes of at least 4 members (excludes halogenated alkanes) is 2. The van der Waals surface area contributed by atoms with Gasteiger partial charge in [-0.25, -0.2) is 0 Å². The molecule has 0 radical (unpaired) electrons. The Morgan fingerprint density at radius 1 is 1.05 bits per heavy atom. The number of esters is 1. The van der Waals surface area contributed by atoms with E-state index in [0.717, 1.165) is 24.8 Å². The SMILES string of the molecule is CCCCCOC(=O)Cc1ccc2ccccc2c1. The van der Waals surface area contributed by atoms with Gasteiger partial charge in [0.05, 0.1) is 13.0 Å². The molecule has 2 aromatic rings. The fourth-order valence-electron chi connectivity index (χ4n) is 2.10. The first-order chi connectivity index (χ1) is 9.29. The van der Waals surface area contributed by atoms with Crippen molar-refractivity contribution in [3.63, 3.8) is 0 Å². The van der Waals surface area contributed by atoms with Gasteiger partial charge in [0, 0.05) is 0 Å². The number of benzene rings is 2. The van der Waals surface area contributed by atoms with Crippen LogP contribution in [0.3, 0.4) is 0 Å². The highest BCUT2D eigenvalue weighted by atomic mass is 16.5. The first-order valence-electron chi connectivity index (χ1n) is 6.93. The molecule has 2 aromatic carbocycles. The van der Waals surface area contributed by atoms with Crippen LogP contribution in [0.4, 0.5) is 0 Å². The minimum absolute atomic E-state index is 0.133. The molecule has 100 valence electrons. The van der Waals surface area contributed by atoms with Gasteiger partial charge >= 0.3 is 5.97 Å². The third kappa shape index (κ3) is 4.09.